The summed E-state index contributed by atoms with van der Waals surface area (Å²) in [7, 11) is 0. The predicted octanol–water partition coefficient (Wildman–Crippen LogP) is 4.11. The standard InChI is InChI=1S/C16H16N2OS/c1-2-13(15-8-5-9-20-15)18-16(19)12-10-17-14-7-4-3-6-11(12)14/h3-10,13,17H,2H2,1H3,(H,18,19). The molecule has 0 saturated carbocycles. The summed E-state index contributed by atoms with van der Waals surface area (Å²) < 4.78 is 0. The number of aromatic nitrogens is 1. The Morgan fingerprint density at radius 2 is 2.15 bits per heavy atom. The van der Waals surface area contributed by atoms with Crippen LogP contribution in [0, 0.1) is 0 Å². The molecule has 102 valence electrons. The Kier molecular flexibility index (Phi) is 3.56. The third kappa shape index (κ3) is 2.34. The van der Waals surface area contributed by atoms with Gasteiger partial charge < -0.3 is 10.3 Å². The van der Waals surface area contributed by atoms with E-state index >= 15 is 0 Å². The lowest BCUT2D eigenvalue weighted by Crippen LogP contribution is -2.27. The first-order valence-corrected chi connectivity index (χ1v) is 7.58. The van der Waals surface area contributed by atoms with Crippen molar-refractivity contribution in [1.29, 1.82) is 0 Å². The minimum absolute atomic E-state index is 0.0253. The van der Waals surface area contributed by atoms with Gasteiger partial charge in [0.2, 0.25) is 0 Å². The van der Waals surface area contributed by atoms with Crippen molar-refractivity contribution in [3.8, 4) is 0 Å². The van der Waals surface area contributed by atoms with Crippen LogP contribution < -0.4 is 5.32 Å². The van der Waals surface area contributed by atoms with Crippen LogP contribution in [0.3, 0.4) is 0 Å². The number of carbonyl (C=O) groups is 1. The first kappa shape index (κ1) is 12.9. The van der Waals surface area contributed by atoms with Crippen LogP contribution in [-0.2, 0) is 0 Å². The number of carbonyl (C=O) groups excluding carboxylic acids is 1. The number of rotatable bonds is 4. The van der Waals surface area contributed by atoms with Crippen LogP contribution in [0.4, 0.5) is 0 Å². The predicted molar refractivity (Wildman–Crippen MR) is 83.1 cm³/mol. The highest BCUT2D eigenvalue weighted by molar-refractivity contribution is 7.10. The summed E-state index contributed by atoms with van der Waals surface area (Å²) in [6.45, 7) is 2.08. The fourth-order valence-corrected chi connectivity index (χ4v) is 3.22. The molecule has 4 heteroatoms. The lowest BCUT2D eigenvalue weighted by Gasteiger charge is -2.15. The summed E-state index contributed by atoms with van der Waals surface area (Å²) in [5.41, 5.74) is 1.69. The quantitative estimate of drug-likeness (QED) is 0.744. The zero-order chi connectivity index (χ0) is 13.9. The van der Waals surface area contributed by atoms with E-state index in [0.717, 1.165) is 17.3 Å². The topological polar surface area (TPSA) is 44.9 Å². The van der Waals surface area contributed by atoms with Gasteiger partial charge in [-0.1, -0.05) is 31.2 Å². The van der Waals surface area contributed by atoms with Crippen LogP contribution in [0.25, 0.3) is 10.9 Å². The molecule has 0 radical (unpaired) electrons. The Morgan fingerprint density at radius 3 is 2.90 bits per heavy atom. The van der Waals surface area contributed by atoms with Gasteiger partial charge in [0.25, 0.3) is 5.91 Å². The molecule has 0 aliphatic heterocycles. The normalized spacial score (nSPS) is 12.4. The number of para-hydroxylation sites is 1. The van der Waals surface area contributed by atoms with Gasteiger partial charge in [0, 0.05) is 22.0 Å². The van der Waals surface area contributed by atoms with Crippen molar-refractivity contribution in [2.75, 3.05) is 0 Å². The summed E-state index contributed by atoms with van der Waals surface area (Å²) in [6.07, 6.45) is 2.66. The van der Waals surface area contributed by atoms with Crippen molar-refractivity contribution in [3.05, 3.63) is 58.4 Å². The van der Waals surface area contributed by atoms with E-state index in [1.807, 2.05) is 35.7 Å². The van der Waals surface area contributed by atoms with Crippen LogP contribution >= 0.6 is 11.3 Å². The second-order valence-electron chi connectivity index (χ2n) is 4.70. The Hall–Kier alpha value is -2.07. The van der Waals surface area contributed by atoms with E-state index in [4.69, 9.17) is 0 Å². The molecule has 0 saturated heterocycles. The first-order chi connectivity index (χ1) is 9.79. The van der Waals surface area contributed by atoms with Crippen molar-refractivity contribution in [2.45, 2.75) is 19.4 Å². The maximum Gasteiger partial charge on any atom is 0.253 e. The van der Waals surface area contributed by atoms with Crippen molar-refractivity contribution in [3.63, 3.8) is 0 Å². The summed E-state index contributed by atoms with van der Waals surface area (Å²) in [4.78, 5) is 16.8. The third-order valence-corrected chi connectivity index (χ3v) is 4.42. The highest BCUT2D eigenvalue weighted by Gasteiger charge is 2.17. The number of nitrogens with one attached hydrogen (secondary N) is 2. The second kappa shape index (κ2) is 5.51. The molecule has 0 bridgehead atoms. The van der Waals surface area contributed by atoms with Crippen LogP contribution in [-0.4, -0.2) is 10.9 Å². The molecule has 2 aromatic heterocycles. The molecule has 3 aromatic rings. The molecule has 2 N–H and O–H groups in total. The number of hydrogen-bond donors (Lipinski definition) is 2. The molecular formula is C16H16N2OS. The average molecular weight is 284 g/mol. The number of H-pyrrole nitrogens is 1. The van der Waals surface area contributed by atoms with Crippen LogP contribution in [0.5, 0.6) is 0 Å². The molecular weight excluding hydrogens is 268 g/mol. The van der Waals surface area contributed by atoms with Gasteiger partial charge in [0.1, 0.15) is 0 Å². The Morgan fingerprint density at radius 1 is 1.30 bits per heavy atom. The zero-order valence-electron chi connectivity index (χ0n) is 11.2. The number of thiophene rings is 1. The molecule has 1 amide bonds. The van der Waals surface area contributed by atoms with E-state index in [1.54, 1.807) is 17.5 Å². The number of benzene rings is 1. The third-order valence-electron chi connectivity index (χ3n) is 3.43. The molecule has 3 rings (SSSR count). The Balaban J connectivity index is 1.85. The van der Waals surface area contributed by atoms with Crippen LogP contribution in [0.1, 0.15) is 34.6 Å². The van der Waals surface area contributed by atoms with Crippen LogP contribution in [0.15, 0.2) is 48.0 Å². The SMILES string of the molecule is CCC(NC(=O)c1c[nH]c2ccccc12)c1cccs1. The number of amides is 1. The maximum absolute atomic E-state index is 12.5. The average Bonchev–Trinajstić information content (AvgIpc) is 3.13. The van der Waals surface area contributed by atoms with Gasteiger partial charge in [-0.15, -0.1) is 11.3 Å². The van der Waals surface area contributed by atoms with Gasteiger partial charge in [-0.2, -0.15) is 0 Å². The highest BCUT2D eigenvalue weighted by atomic mass is 32.1. The Labute approximate surface area is 121 Å². The fourth-order valence-electron chi connectivity index (χ4n) is 2.36. The minimum Gasteiger partial charge on any atom is -0.360 e. The summed E-state index contributed by atoms with van der Waals surface area (Å²) >= 11 is 1.68. The highest BCUT2D eigenvalue weighted by Crippen LogP contribution is 2.23. The number of aromatic amines is 1. The number of fused-ring (bicyclic) bond motifs is 1. The van der Waals surface area contributed by atoms with E-state index in [9.17, 15) is 4.79 Å². The molecule has 0 aliphatic carbocycles. The fraction of sp³-hybridized carbons (Fsp3) is 0.188. The molecule has 3 nitrogen and oxygen atoms in total. The van der Waals surface area contributed by atoms with Crippen molar-refractivity contribution in [2.24, 2.45) is 0 Å². The molecule has 1 unspecified atom stereocenters. The molecule has 1 aromatic carbocycles. The van der Waals surface area contributed by atoms with E-state index < -0.39 is 0 Å². The second-order valence-corrected chi connectivity index (χ2v) is 5.68. The van der Waals surface area contributed by atoms with E-state index in [0.29, 0.717) is 5.56 Å². The molecule has 1 atom stereocenters. The lowest BCUT2D eigenvalue weighted by molar-refractivity contribution is 0.0938. The smallest absolute Gasteiger partial charge is 0.253 e. The molecule has 0 fully saturated rings. The van der Waals surface area contributed by atoms with Gasteiger partial charge in [-0.05, 0) is 23.9 Å². The van der Waals surface area contributed by atoms with Gasteiger partial charge in [-0.25, -0.2) is 0 Å². The van der Waals surface area contributed by atoms with Gasteiger partial charge in [-0.3, -0.25) is 4.79 Å². The molecule has 0 aliphatic rings. The maximum atomic E-state index is 12.5. The summed E-state index contributed by atoms with van der Waals surface area (Å²) in [6, 6.07) is 12.0. The van der Waals surface area contributed by atoms with Gasteiger partial charge >= 0.3 is 0 Å². The first-order valence-electron chi connectivity index (χ1n) is 6.70. The van der Waals surface area contributed by atoms with Gasteiger partial charge in [0.05, 0.1) is 11.6 Å². The van der Waals surface area contributed by atoms with E-state index in [1.165, 1.54) is 4.88 Å². The summed E-state index contributed by atoms with van der Waals surface area (Å²) in [5, 5.41) is 6.12. The molecule has 2 heterocycles. The van der Waals surface area contributed by atoms with E-state index in [2.05, 4.69) is 23.3 Å². The minimum atomic E-state index is -0.0253. The largest absolute Gasteiger partial charge is 0.360 e. The summed E-state index contributed by atoms with van der Waals surface area (Å²) in [5.74, 6) is -0.0253. The van der Waals surface area contributed by atoms with Crippen molar-refractivity contribution >= 4 is 28.1 Å². The Bertz CT molecular complexity index is 715. The van der Waals surface area contributed by atoms with Crippen LogP contribution in [0.2, 0.25) is 0 Å². The van der Waals surface area contributed by atoms with Crippen molar-refractivity contribution in [1.82, 2.24) is 10.3 Å². The van der Waals surface area contributed by atoms with Crippen molar-refractivity contribution < 1.29 is 4.79 Å². The van der Waals surface area contributed by atoms with Gasteiger partial charge in [0.15, 0.2) is 0 Å². The number of hydrogen-bond acceptors (Lipinski definition) is 2. The molecule has 0 spiro atoms. The monoisotopic (exact) mass is 284 g/mol. The zero-order valence-corrected chi connectivity index (χ0v) is 12.0. The van der Waals surface area contributed by atoms with E-state index in [-0.39, 0.29) is 11.9 Å². The molecule has 20 heavy (non-hydrogen) atoms. The lowest BCUT2D eigenvalue weighted by atomic mass is 10.1.